The number of rotatable bonds is 8. The van der Waals surface area contributed by atoms with Crippen molar-refractivity contribution in [2.24, 2.45) is 0 Å². The lowest BCUT2D eigenvalue weighted by atomic mass is 10.0. The first-order chi connectivity index (χ1) is 12.1. The zero-order valence-electron chi connectivity index (χ0n) is 15.8. The summed E-state index contributed by atoms with van der Waals surface area (Å²) in [6, 6.07) is 14.3. The Hall–Kier alpha value is -2.29. The number of benzene rings is 2. The summed E-state index contributed by atoms with van der Waals surface area (Å²) in [7, 11) is 0. The molecule has 25 heavy (non-hydrogen) atoms. The van der Waals surface area contributed by atoms with E-state index in [4.69, 9.17) is 4.74 Å². The topological polar surface area (TPSA) is 38.3 Å². The molecule has 0 unspecified atom stereocenters. The van der Waals surface area contributed by atoms with Crippen molar-refractivity contribution in [1.82, 2.24) is 5.32 Å². The molecule has 0 saturated heterocycles. The van der Waals surface area contributed by atoms with Gasteiger partial charge in [-0.3, -0.25) is 4.79 Å². The van der Waals surface area contributed by atoms with Gasteiger partial charge in [-0.1, -0.05) is 56.7 Å². The van der Waals surface area contributed by atoms with Crippen LogP contribution in [0.15, 0.2) is 42.5 Å². The van der Waals surface area contributed by atoms with E-state index in [9.17, 15) is 4.79 Å². The molecule has 0 radical (unpaired) electrons. The van der Waals surface area contributed by atoms with Gasteiger partial charge in [0.05, 0.1) is 0 Å². The number of carbonyl (C=O) groups excluding carboxylic acids is 1. The minimum Gasteiger partial charge on any atom is -0.481 e. The summed E-state index contributed by atoms with van der Waals surface area (Å²) in [5.74, 6) is 0.668. The Bertz CT molecular complexity index is 692. The van der Waals surface area contributed by atoms with E-state index in [0.717, 1.165) is 18.6 Å². The number of hydrogen-bond donors (Lipinski definition) is 1. The molecule has 0 bridgehead atoms. The quantitative estimate of drug-likeness (QED) is 0.763. The van der Waals surface area contributed by atoms with Gasteiger partial charge in [-0.15, -0.1) is 0 Å². The molecule has 0 saturated carbocycles. The molecule has 0 heterocycles. The van der Waals surface area contributed by atoms with Crippen LogP contribution in [0.4, 0.5) is 0 Å². The maximum Gasteiger partial charge on any atom is 0.261 e. The van der Waals surface area contributed by atoms with Crippen molar-refractivity contribution < 1.29 is 9.53 Å². The zero-order chi connectivity index (χ0) is 18.2. The fraction of sp³-hybridized carbons (Fsp3) is 0.409. The van der Waals surface area contributed by atoms with E-state index in [1.807, 2.05) is 38.1 Å². The summed E-state index contributed by atoms with van der Waals surface area (Å²) in [6.07, 6.45) is 2.13. The number of carbonyl (C=O) groups is 1. The van der Waals surface area contributed by atoms with E-state index in [2.05, 4.69) is 37.4 Å². The van der Waals surface area contributed by atoms with Crippen molar-refractivity contribution in [2.45, 2.75) is 59.6 Å². The molecule has 3 heteroatoms. The normalized spacial score (nSPS) is 11.8. The Kier molecular flexibility index (Phi) is 7.05. The molecule has 0 spiro atoms. The molecule has 1 amide bonds. The van der Waals surface area contributed by atoms with E-state index in [-0.39, 0.29) is 5.91 Å². The molecule has 0 aliphatic rings. The summed E-state index contributed by atoms with van der Waals surface area (Å²) in [5.41, 5.74) is 4.95. The third-order valence-electron chi connectivity index (χ3n) is 4.48. The Labute approximate surface area is 151 Å². The first-order valence-corrected chi connectivity index (χ1v) is 9.19. The van der Waals surface area contributed by atoms with Crippen LogP contribution in [0.5, 0.6) is 5.75 Å². The number of nitrogens with one attached hydrogen (secondary N) is 1. The molecule has 134 valence electrons. The lowest BCUT2D eigenvalue weighted by Gasteiger charge is -2.18. The van der Waals surface area contributed by atoms with Gasteiger partial charge in [-0.2, -0.15) is 0 Å². The van der Waals surface area contributed by atoms with E-state index in [0.29, 0.717) is 13.0 Å². The largest absolute Gasteiger partial charge is 0.481 e. The fourth-order valence-electron chi connectivity index (χ4n) is 2.81. The molecular formula is C22H29NO2. The molecule has 0 aromatic heterocycles. The van der Waals surface area contributed by atoms with Crippen LogP contribution in [0.25, 0.3) is 0 Å². The van der Waals surface area contributed by atoms with Crippen molar-refractivity contribution >= 4 is 5.91 Å². The molecule has 2 aromatic rings. The predicted octanol–water partition coefficient (Wildman–Crippen LogP) is 4.59. The van der Waals surface area contributed by atoms with Crippen LogP contribution in [0.1, 0.15) is 49.4 Å². The average Bonchev–Trinajstić information content (AvgIpc) is 2.65. The highest BCUT2D eigenvalue weighted by molar-refractivity contribution is 5.81. The summed E-state index contributed by atoms with van der Waals surface area (Å²) < 4.78 is 5.86. The molecule has 2 aromatic carbocycles. The zero-order valence-corrected chi connectivity index (χ0v) is 15.8. The van der Waals surface area contributed by atoms with Crippen LogP contribution in [-0.4, -0.2) is 12.0 Å². The number of amides is 1. The molecule has 1 atom stereocenters. The molecule has 0 aliphatic heterocycles. The van der Waals surface area contributed by atoms with Crippen molar-refractivity contribution in [1.29, 1.82) is 0 Å². The second-order valence-corrected chi connectivity index (χ2v) is 6.36. The van der Waals surface area contributed by atoms with Gasteiger partial charge in [-0.05, 0) is 55.0 Å². The number of aryl methyl sites for hydroxylation is 3. The van der Waals surface area contributed by atoms with Crippen molar-refractivity contribution in [3.8, 4) is 5.75 Å². The molecule has 3 nitrogen and oxygen atoms in total. The fourth-order valence-corrected chi connectivity index (χ4v) is 2.81. The highest BCUT2D eigenvalue weighted by atomic mass is 16.5. The van der Waals surface area contributed by atoms with Gasteiger partial charge in [0.1, 0.15) is 5.75 Å². The van der Waals surface area contributed by atoms with E-state index in [1.54, 1.807) is 0 Å². The monoisotopic (exact) mass is 339 g/mol. The summed E-state index contributed by atoms with van der Waals surface area (Å²) in [6.45, 7) is 8.83. The molecule has 1 N–H and O–H groups in total. The maximum absolute atomic E-state index is 12.5. The van der Waals surface area contributed by atoms with Crippen LogP contribution in [-0.2, 0) is 24.2 Å². The van der Waals surface area contributed by atoms with E-state index in [1.165, 1.54) is 22.3 Å². The third-order valence-corrected chi connectivity index (χ3v) is 4.48. The van der Waals surface area contributed by atoms with Gasteiger partial charge in [0.2, 0.25) is 0 Å². The predicted molar refractivity (Wildman–Crippen MR) is 103 cm³/mol. The minimum absolute atomic E-state index is 0.0629. The van der Waals surface area contributed by atoms with Crippen molar-refractivity contribution in [3.63, 3.8) is 0 Å². The minimum atomic E-state index is -0.470. The first-order valence-electron chi connectivity index (χ1n) is 9.19. The second-order valence-electron chi connectivity index (χ2n) is 6.36. The number of ether oxygens (including phenoxy) is 1. The summed E-state index contributed by atoms with van der Waals surface area (Å²) in [5, 5.41) is 3.04. The lowest BCUT2D eigenvalue weighted by molar-refractivity contribution is -0.128. The first kappa shape index (κ1) is 19.0. The van der Waals surface area contributed by atoms with Crippen LogP contribution >= 0.6 is 0 Å². The van der Waals surface area contributed by atoms with Crippen LogP contribution in [0, 0.1) is 6.92 Å². The van der Waals surface area contributed by atoms with Crippen LogP contribution in [0.2, 0.25) is 0 Å². The maximum atomic E-state index is 12.5. The van der Waals surface area contributed by atoms with Gasteiger partial charge < -0.3 is 10.1 Å². The Morgan fingerprint density at radius 3 is 2.32 bits per heavy atom. The van der Waals surface area contributed by atoms with Gasteiger partial charge in [0.15, 0.2) is 6.10 Å². The Balaban J connectivity index is 2.01. The van der Waals surface area contributed by atoms with Crippen molar-refractivity contribution in [3.05, 3.63) is 64.7 Å². The molecule has 2 rings (SSSR count). The Morgan fingerprint density at radius 1 is 1.00 bits per heavy atom. The highest BCUT2D eigenvalue weighted by Gasteiger charge is 2.18. The van der Waals surface area contributed by atoms with Gasteiger partial charge in [0, 0.05) is 6.54 Å². The highest BCUT2D eigenvalue weighted by Crippen LogP contribution is 2.16. The van der Waals surface area contributed by atoms with Gasteiger partial charge in [0.25, 0.3) is 5.91 Å². The standard InChI is InChI=1S/C22H29NO2/c1-5-17-10-11-18(6-2)19(14-17)15-23-22(24)21(7-3)25-20-12-8-16(4)9-13-20/h8-14,21H,5-7,15H2,1-4H3,(H,23,24)/t21-/m0/s1. The van der Waals surface area contributed by atoms with Gasteiger partial charge in [-0.25, -0.2) is 0 Å². The molecule has 0 fully saturated rings. The number of hydrogen-bond acceptors (Lipinski definition) is 2. The van der Waals surface area contributed by atoms with Crippen LogP contribution < -0.4 is 10.1 Å². The Morgan fingerprint density at radius 2 is 1.72 bits per heavy atom. The second kappa shape index (κ2) is 9.26. The average molecular weight is 339 g/mol. The van der Waals surface area contributed by atoms with E-state index < -0.39 is 6.10 Å². The molecule has 0 aliphatic carbocycles. The smallest absolute Gasteiger partial charge is 0.261 e. The van der Waals surface area contributed by atoms with E-state index >= 15 is 0 Å². The summed E-state index contributed by atoms with van der Waals surface area (Å²) in [4.78, 5) is 12.5. The SMILES string of the molecule is CCc1ccc(CC)c(CNC(=O)[C@H](CC)Oc2ccc(C)cc2)c1. The van der Waals surface area contributed by atoms with Gasteiger partial charge >= 0.3 is 0 Å². The van der Waals surface area contributed by atoms with Crippen molar-refractivity contribution in [2.75, 3.05) is 0 Å². The lowest BCUT2D eigenvalue weighted by Crippen LogP contribution is -2.37. The molecular weight excluding hydrogens is 310 g/mol. The van der Waals surface area contributed by atoms with Crippen LogP contribution in [0.3, 0.4) is 0 Å². The summed E-state index contributed by atoms with van der Waals surface area (Å²) >= 11 is 0. The third kappa shape index (κ3) is 5.35.